The number of carboxylic acids is 2. The van der Waals surface area contributed by atoms with Gasteiger partial charge in [0.05, 0.1) is 11.8 Å². The molecule has 1 saturated heterocycles. The number of hydrogen-bond acceptors (Lipinski definition) is 8. The van der Waals surface area contributed by atoms with E-state index >= 15 is 0 Å². The average Bonchev–Trinajstić information content (AvgIpc) is 3.11. The van der Waals surface area contributed by atoms with Crippen molar-refractivity contribution in [1.29, 1.82) is 0 Å². The van der Waals surface area contributed by atoms with Crippen LogP contribution in [0.3, 0.4) is 0 Å². The number of benzene rings is 1. The molecule has 1 aromatic heterocycles. The molecule has 3 rings (SSSR count). The van der Waals surface area contributed by atoms with Crippen LogP contribution in [0.15, 0.2) is 60.8 Å². The molecule has 0 bridgehead atoms. The molecule has 2 aromatic rings. The van der Waals surface area contributed by atoms with Crippen molar-refractivity contribution < 1.29 is 34.1 Å². The topological polar surface area (TPSA) is 146 Å². The van der Waals surface area contributed by atoms with Crippen LogP contribution in [0.4, 0.5) is 10.6 Å². The number of hydrogen-bond donors (Lipinski definition) is 3. The SMILES string of the molecule is CN(CCOc1ccc(CC2SC(=O)NC2=O)cc1)c1ccccn1.O=C(O)C=CC(=O)O.[NaH]. The van der Waals surface area contributed by atoms with Gasteiger partial charge < -0.3 is 19.8 Å². The summed E-state index contributed by atoms with van der Waals surface area (Å²) in [6, 6.07) is 13.4. The molecule has 1 aliphatic rings. The van der Waals surface area contributed by atoms with E-state index in [1.54, 1.807) is 6.20 Å². The number of amides is 2. The van der Waals surface area contributed by atoms with Crippen molar-refractivity contribution in [3.05, 3.63) is 66.4 Å². The third-order valence-electron chi connectivity index (χ3n) is 4.22. The van der Waals surface area contributed by atoms with Crippen LogP contribution >= 0.6 is 11.8 Å². The molecule has 0 radical (unpaired) electrons. The molecule has 176 valence electrons. The zero-order valence-electron chi connectivity index (χ0n) is 17.7. The van der Waals surface area contributed by atoms with Crippen LogP contribution in [-0.2, 0) is 20.8 Å². The molecule has 1 aliphatic heterocycles. The first-order valence-corrected chi connectivity index (χ1v) is 10.6. The Hall–Kier alpha value is -2.86. The molecule has 2 heterocycles. The van der Waals surface area contributed by atoms with Crippen molar-refractivity contribution in [2.45, 2.75) is 11.7 Å². The summed E-state index contributed by atoms with van der Waals surface area (Å²) in [4.78, 5) is 48.2. The molecule has 34 heavy (non-hydrogen) atoms. The Kier molecular flexibility index (Phi) is 13.0. The van der Waals surface area contributed by atoms with Gasteiger partial charge in [0.2, 0.25) is 5.91 Å². The molecular formula is C22H24N3NaO7S. The molecule has 10 nitrogen and oxygen atoms in total. The van der Waals surface area contributed by atoms with Gasteiger partial charge in [0, 0.05) is 25.4 Å². The second-order valence-electron chi connectivity index (χ2n) is 6.70. The molecule has 1 atom stereocenters. The van der Waals surface area contributed by atoms with Crippen LogP contribution in [0, 0.1) is 0 Å². The molecule has 0 spiro atoms. The third-order valence-corrected chi connectivity index (χ3v) is 5.20. The molecule has 1 aromatic carbocycles. The van der Waals surface area contributed by atoms with Gasteiger partial charge in [-0.2, -0.15) is 0 Å². The fourth-order valence-corrected chi connectivity index (χ4v) is 3.46. The Bertz CT molecular complexity index is 987. The number of nitrogens with zero attached hydrogens (tertiary/aromatic N) is 2. The number of imide groups is 1. The first kappa shape index (κ1) is 29.2. The summed E-state index contributed by atoms with van der Waals surface area (Å²) in [5.74, 6) is -1.05. The molecule has 2 amide bonds. The van der Waals surface area contributed by atoms with E-state index in [-0.39, 0.29) is 46.0 Å². The number of ether oxygens (including phenoxy) is 1. The first-order chi connectivity index (χ1) is 15.7. The third kappa shape index (κ3) is 10.8. The van der Waals surface area contributed by atoms with Gasteiger partial charge in [-0.1, -0.05) is 30.0 Å². The number of aliphatic carboxylic acids is 2. The quantitative estimate of drug-likeness (QED) is 0.344. The van der Waals surface area contributed by atoms with Gasteiger partial charge in [0.15, 0.2) is 0 Å². The summed E-state index contributed by atoms with van der Waals surface area (Å²) in [6.45, 7) is 1.27. The summed E-state index contributed by atoms with van der Waals surface area (Å²) in [7, 11) is 1.97. The zero-order chi connectivity index (χ0) is 24.2. The van der Waals surface area contributed by atoms with E-state index in [0.29, 0.717) is 25.2 Å². The van der Waals surface area contributed by atoms with Gasteiger partial charge in [-0.05, 0) is 36.2 Å². The maximum absolute atomic E-state index is 11.6. The first-order valence-electron chi connectivity index (χ1n) is 9.74. The van der Waals surface area contributed by atoms with E-state index in [0.717, 1.165) is 35.4 Å². The monoisotopic (exact) mass is 497 g/mol. The van der Waals surface area contributed by atoms with Gasteiger partial charge >= 0.3 is 41.5 Å². The minimum absolute atomic E-state index is 0. The van der Waals surface area contributed by atoms with Crippen molar-refractivity contribution in [2.24, 2.45) is 0 Å². The Balaban J connectivity index is 0.000000556. The molecule has 3 N–H and O–H groups in total. The van der Waals surface area contributed by atoms with Gasteiger partial charge in [0.25, 0.3) is 5.24 Å². The molecule has 1 fully saturated rings. The van der Waals surface area contributed by atoms with Crippen LogP contribution in [0.25, 0.3) is 0 Å². The van der Waals surface area contributed by atoms with Crippen molar-refractivity contribution >= 4 is 70.2 Å². The van der Waals surface area contributed by atoms with Gasteiger partial charge in [-0.25, -0.2) is 14.6 Å². The maximum atomic E-state index is 11.6. The van der Waals surface area contributed by atoms with Crippen LogP contribution in [0.2, 0.25) is 0 Å². The van der Waals surface area contributed by atoms with E-state index < -0.39 is 11.9 Å². The Morgan fingerprint density at radius 2 is 1.76 bits per heavy atom. The van der Waals surface area contributed by atoms with E-state index in [9.17, 15) is 19.2 Å². The summed E-state index contributed by atoms with van der Waals surface area (Å²) < 4.78 is 5.75. The number of aromatic nitrogens is 1. The molecular weight excluding hydrogens is 473 g/mol. The zero-order valence-corrected chi connectivity index (χ0v) is 18.5. The van der Waals surface area contributed by atoms with E-state index in [1.165, 1.54) is 0 Å². The van der Waals surface area contributed by atoms with Gasteiger partial charge in [-0.3, -0.25) is 14.9 Å². The summed E-state index contributed by atoms with van der Waals surface area (Å²) in [5, 5.41) is 17.3. The van der Waals surface area contributed by atoms with Crippen molar-refractivity contribution in [3.63, 3.8) is 0 Å². The van der Waals surface area contributed by atoms with Crippen LogP contribution in [0.5, 0.6) is 5.75 Å². The normalized spacial score (nSPS) is 14.4. The number of pyridine rings is 1. The Morgan fingerprint density at radius 3 is 2.26 bits per heavy atom. The predicted molar refractivity (Wildman–Crippen MR) is 130 cm³/mol. The number of nitrogens with one attached hydrogen (secondary N) is 1. The molecule has 1 unspecified atom stereocenters. The second-order valence-corrected chi connectivity index (χ2v) is 7.87. The number of carbonyl (C=O) groups is 4. The van der Waals surface area contributed by atoms with Crippen molar-refractivity contribution in [1.82, 2.24) is 10.3 Å². The van der Waals surface area contributed by atoms with Crippen molar-refractivity contribution in [2.75, 3.05) is 25.1 Å². The number of anilines is 1. The van der Waals surface area contributed by atoms with E-state index in [2.05, 4.69) is 10.3 Å². The number of rotatable bonds is 9. The summed E-state index contributed by atoms with van der Waals surface area (Å²) in [6.07, 6.45) is 3.41. The fraction of sp³-hybridized carbons (Fsp3) is 0.227. The second kappa shape index (κ2) is 15.1. The van der Waals surface area contributed by atoms with Crippen LogP contribution < -0.4 is 15.0 Å². The van der Waals surface area contributed by atoms with Crippen LogP contribution in [0.1, 0.15) is 5.56 Å². The Morgan fingerprint density at radius 1 is 1.12 bits per heavy atom. The summed E-state index contributed by atoms with van der Waals surface area (Å²) in [5.41, 5.74) is 1.00. The van der Waals surface area contributed by atoms with Gasteiger partial charge in [-0.15, -0.1) is 0 Å². The molecule has 0 saturated carbocycles. The molecule has 12 heteroatoms. The fourth-order valence-electron chi connectivity index (χ4n) is 2.60. The minimum atomic E-state index is -1.26. The van der Waals surface area contributed by atoms with Crippen LogP contribution in [-0.4, -0.2) is 93.3 Å². The van der Waals surface area contributed by atoms with E-state index in [1.807, 2.05) is 54.4 Å². The summed E-state index contributed by atoms with van der Waals surface area (Å²) >= 11 is 1.05. The number of carboxylic acid groups (broad SMARTS) is 2. The number of thioether (sulfide) groups is 1. The predicted octanol–water partition coefficient (Wildman–Crippen LogP) is 1.55. The number of likely N-dealkylation sites (N-methyl/N-ethyl adjacent to an activating group) is 1. The van der Waals surface area contributed by atoms with E-state index in [4.69, 9.17) is 14.9 Å². The van der Waals surface area contributed by atoms with Gasteiger partial charge in [0.1, 0.15) is 18.2 Å². The standard InChI is InChI=1S/C18H19N3O3S.C4H4O4.Na.H/c1-21(16-4-2-3-9-19-16)10-11-24-14-7-5-13(6-8-14)12-15-17(22)20-18(23)25-15;5-3(6)1-2-4(7)8;;/h2-9,15H,10-12H2,1H3,(H,20,22,23);1-2H,(H,5,6)(H,7,8);;. The Labute approximate surface area is 222 Å². The van der Waals surface area contributed by atoms with Crippen molar-refractivity contribution in [3.8, 4) is 5.75 Å². The average molecular weight is 498 g/mol. The molecule has 0 aliphatic carbocycles. The number of carbonyl (C=O) groups excluding carboxylic acids is 2.